The van der Waals surface area contributed by atoms with Crippen LogP contribution >= 0.6 is 0 Å². The van der Waals surface area contributed by atoms with Crippen LogP contribution in [0.5, 0.6) is 0 Å². The molecule has 0 saturated carbocycles. The van der Waals surface area contributed by atoms with Gasteiger partial charge in [-0.15, -0.1) is 0 Å². The van der Waals surface area contributed by atoms with Gasteiger partial charge in [0, 0.05) is 38.7 Å². The molecule has 1 aliphatic rings. The standard InChI is InChI=1S/C12H19N5O/c1-2-4-13-10-8-11(16-9-15-10)17-6-3-12(18)14-5-7-17/h8-9H,2-7H2,1H3,(H,14,18)(H,13,15,16). The van der Waals surface area contributed by atoms with Gasteiger partial charge in [0.05, 0.1) is 0 Å². The second-order valence-electron chi connectivity index (χ2n) is 4.28. The molecule has 18 heavy (non-hydrogen) atoms. The van der Waals surface area contributed by atoms with Crippen LogP contribution in [0.2, 0.25) is 0 Å². The summed E-state index contributed by atoms with van der Waals surface area (Å²) < 4.78 is 0. The molecule has 0 bridgehead atoms. The molecule has 1 saturated heterocycles. The third-order valence-electron chi connectivity index (χ3n) is 2.85. The Morgan fingerprint density at radius 3 is 3.17 bits per heavy atom. The number of anilines is 2. The van der Waals surface area contributed by atoms with Gasteiger partial charge in [0.2, 0.25) is 5.91 Å². The highest BCUT2D eigenvalue weighted by Crippen LogP contribution is 2.15. The average Bonchev–Trinajstić information content (AvgIpc) is 2.61. The van der Waals surface area contributed by atoms with Crippen molar-refractivity contribution >= 4 is 17.5 Å². The van der Waals surface area contributed by atoms with Crippen LogP contribution in [0.25, 0.3) is 0 Å². The van der Waals surface area contributed by atoms with E-state index in [2.05, 4.69) is 32.4 Å². The van der Waals surface area contributed by atoms with Crippen molar-refractivity contribution in [1.29, 1.82) is 0 Å². The van der Waals surface area contributed by atoms with Crippen molar-refractivity contribution in [2.45, 2.75) is 19.8 Å². The molecule has 1 fully saturated rings. The van der Waals surface area contributed by atoms with Gasteiger partial charge in [0.25, 0.3) is 0 Å². The van der Waals surface area contributed by atoms with Crippen LogP contribution in [0.4, 0.5) is 11.6 Å². The molecule has 2 N–H and O–H groups in total. The van der Waals surface area contributed by atoms with Crippen LogP contribution in [-0.2, 0) is 4.79 Å². The molecule has 1 aromatic heterocycles. The third kappa shape index (κ3) is 3.32. The smallest absolute Gasteiger partial charge is 0.221 e. The molecule has 0 atom stereocenters. The van der Waals surface area contributed by atoms with Crippen molar-refractivity contribution in [3.8, 4) is 0 Å². The van der Waals surface area contributed by atoms with Gasteiger partial charge >= 0.3 is 0 Å². The number of nitrogens with one attached hydrogen (secondary N) is 2. The van der Waals surface area contributed by atoms with E-state index in [1.54, 1.807) is 6.33 Å². The van der Waals surface area contributed by atoms with Crippen LogP contribution in [-0.4, -0.2) is 42.1 Å². The molecule has 0 radical (unpaired) electrons. The predicted octanol–water partition coefficient (Wildman–Crippen LogP) is 0.625. The van der Waals surface area contributed by atoms with Crippen LogP contribution in [0, 0.1) is 0 Å². The van der Waals surface area contributed by atoms with Crippen molar-refractivity contribution < 1.29 is 4.79 Å². The first-order chi connectivity index (χ1) is 8.79. The van der Waals surface area contributed by atoms with E-state index in [9.17, 15) is 4.79 Å². The average molecular weight is 249 g/mol. The Hall–Kier alpha value is -1.85. The van der Waals surface area contributed by atoms with Crippen molar-refractivity contribution in [3.63, 3.8) is 0 Å². The summed E-state index contributed by atoms with van der Waals surface area (Å²) >= 11 is 0. The van der Waals surface area contributed by atoms with Gasteiger partial charge in [-0.3, -0.25) is 4.79 Å². The number of aromatic nitrogens is 2. The van der Waals surface area contributed by atoms with Gasteiger partial charge in [0.1, 0.15) is 18.0 Å². The summed E-state index contributed by atoms with van der Waals surface area (Å²) in [7, 11) is 0. The molecular weight excluding hydrogens is 230 g/mol. The summed E-state index contributed by atoms with van der Waals surface area (Å²) in [5.41, 5.74) is 0. The minimum Gasteiger partial charge on any atom is -0.370 e. The van der Waals surface area contributed by atoms with E-state index in [-0.39, 0.29) is 5.91 Å². The van der Waals surface area contributed by atoms with Crippen LogP contribution < -0.4 is 15.5 Å². The first-order valence-electron chi connectivity index (χ1n) is 6.37. The molecule has 6 heteroatoms. The summed E-state index contributed by atoms with van der Waals surface area (Å²) in [5, 5.41) is 6.09. The topological polar surface area (TPSA) is 70.2 Å². The Bertz CT molecular complexity index is 409. The molecular formula is C12H19N5O. The fraction of sp³-hybridized carbons (Fsp3) is 0.583. The summed E-state index contributed by atoms with van der Waals surface area (Å²) in [4.78, 5) is 21.8. The van der Waals surface area contributed by atoms with Gasteiger partial charge in [-0.2, -0.15) is 0 Å². The summed E-state index contributed by atoms with van der Waals surface area (Å²) in [5.74, 6) is 1.82. The molecule has 1 aliphatic heterocycles. The van der Waals surface area contributed by atoms with E-state index >= 15 is 0 Å². The highest BCUT2D eigenvalue weighted by Gasteiger charge is 2.15. The molecule has 2 rings (SSSR count). The molecule has 1 amide bonds. The zero-order valence-corrected chi connectivity index (χ0v) is 10.6. The van der Waals surface area contributed by atoms with Gasteiger partial charge in [-0.05, 0) is 6.42 Å². The Balaban J connectivity index is 2.04. The highest BCUT2D eigenvalue weighted by molar-refractivity contribution is 5.77. The van der Waals surface area contributed by atoms with Gasteiger partial charge < -0.3 is 15.5 Å². The number of amides is 1. The number of hydrogen-bond acceptors (Lipinski definition) is 5. The molecule has 0 spiro atoms. The highest BCUT2D eigenvalue weighted by atomic mass is 16.1. The SMILES string of the molecule is CCCNc1cc(N2CCNC(=O)CC2)ncn1. The lowest BCUT2D eigenvalue weighted by atomic mass is 10.3. The number of rotatable bonds is 4. The normalized spacial score (nSPS) is 16.1. The largest absolute Gasteiger partial charge is 0.370 e. The maximum atomic E-state index is 11.3. The lowest BCUT2D eigenvalue weighted by Crippen LogP contribution is -2.29. The zero-order chi connectivity index (χ0) is 12.8. The second kappa shape index (κ2) is 6.18. The van der Waals surface area contributed by atoms with Gasteiger partial charge in [-0.25, -0.2) is 9.97 Å². The van der Waals surface area contributed by atoms with Crippen molar-refractivity contribution in [1.82, 2.24) is 15.3 Å². The number of carbonyl (C=O) groups excluding carboxylic acids is 1. The van der Waals surface area contributed by atoms with E-state index < -0.39 is 0 Å². The molecule has 0 unspecified atom stereocenters. The fourth-order valence-corrected chi connectivity index (χ4v) is 1.87. The van der Waals surface area contributed by atoms with Crippen molar-refractivity contribution in [2.75, 3.05) is 36.4 Å². The number of nitrogens with zero attached hydrogens (tertiary/aromatic N) is 3. The minimum atomic E-state index is 0.107. The molecule has 0 aromatic carbocycles. The fourth-order valence-electron chi connectivity index (χ4n) is 1.87. The van der Waals surface area contributed by atoms with Crippen molar-refractivity contribution in [3.05, 3.63) is 12.4 Å². The summed E-state index contributed by atoms with van der Waals surface area (Å²) in [6, 6.07) is 1.94. The molecule has 1 aromatic rings. The Kier molecular flexibility index (Phi) is 4.33. The maximum absolute atomic E-state index is 11.3. The first-order valence-corrected chi connectivity index (χ1v) is 6.37. The Morgan fingerprint density at radius 1 is 1.44 bits per heavy atom. The monoisotopic (exact) mass is 249 g/mol. The summed E-state index contributed by atoms with van der Waals surface area (Å²) in [6.45, 7) is 5.17. The van der Waals surface area contributed by atoms with E-state index in [4.69, 9.17) is 0 Å². The molecule has 0 aliphatic carbocycles. The maximum Gasteiger partial charge on any atom is 0.221 e. The first kappa shape index (κ1) is 12.6. The van der Waals surface area contributed by atoms with E-state index in [1.165, 1.54) is 0 Å². The van der Waals surface area contributed by atoms with Crippen LogP contribution in [0.15, 0.2) is 12.4 Å². The Morgan fingerprint density at radius 2 is 2.33 bits per heavy atom. The van der Waals surface area contributed by atoms with E-state index in [1.807, 2.05) is 6.07 Å². The zero-order valence-electron chi connectivity index (χ0n) is 10.6. The minimum absolute atomic E-state index is 0.107. The lowest BCUT2D eigenvalue weighted by Gasteiger charge is -2.20. The molecule has 2 heterocycles. The van der Waals surface area contributed by atoms with E-state index in [0.717, 1.165) is 31.1 Å². The third-order valence-corrected chi connectivity index (χ3v) is 2.85. The van der Waals surface area contributed by atoms with Gasteiger partial charge in [-0.1, -0.05) is 6.92 Å². The number of carbonyl (C=O) groups is 1. The van der Waals surface area contributed by atoms with Crippen LogP contribution in [0.3, 0.4) is 0 Å². The van der Waals surface area contributed by atoms with E-state index in [0.29, 0.717) is 19.5 Å². The molecule has 98 valence electrons. The molecule has 6 nitrogen and oxygen atoms in total. The van der Waals surface area contributed by atoms with Crippen LogP contribution in [0.1, 0.15) is 19.8 Å². The summed E-state index contributed by atoms with van der Waals surface area (Å²) in [6.07, 6.45) is 3.14. The Labute approximate surface area is 107 Å². The van der Waals surface area contributed by atoms with Gasteiger partial charge in [0.15, 0.2) is 0 Å². The number of hydrogen-bond donors (Lipinski definition) is 2. The predicted molar refractivity (Wildman–Crippen MR) is 70.7 cm³/mol. The van der Waals surface area contributed by atoms with Crippen molar-refractivity contribution in [2.24, 2.45) is 0 Å². The second-order valence-corrected chi connectivity index (χ2v) is 4.28. The lowest BCUT2D eigenvalue weighted by molar-refractivity contribution is -0.120. The quantitative estimate of drug-likeness (QED) is 0.819.